The van der Waals surface area contributed by atoms with Crippen LogP contribution < -0.4 is 0 Å². The van der Waals surface area contributed by atoms with E-state index in [1.54, 1.807) is 0 Å². The third kappa shape index (κ3) is 4.66. The van der Waals surface area contributed by atoms with E-state index < -0.39 is 0 Å². The van der Waals surface area contributed by atoms with Gasteiger partial charge in [-0.2, -0.15) is 0 Å². The quantitative estimate of drug-likeness (QED) is 0.705. The Bertz CT molecular complexity index is 237. The topological polar surface area (TPSA) is 23.6 Å². The molecule has 1 amide bonds. The highest BCUT2D eigenvalue weighted by atomic mass is 16.2. The monoisotopic (exact) mass is 240 g/mol. The van der Waals surface area contributed by atoms with Gasteiger partial charge in [0.1, 0.15) is 0 Å². The lowest BCUT2D eigenvalue weighted by atomic mass is 10.0. The summed E-state index contributed by atoms with van der Waals surface area (Å²) in [6, 6.07) is 0. The predicted molar refractivity (Wildman–Crippen MR) is 72.0 cm³/mol. The van der Waals surface area contributed by atoms with E-state index in [-0.39, 0.29) is 5.54 Å². The molecule has 0 N–H and O–H groups in total. The van der Waals surface area contributed by atoms with Crippen LogP contribution >= 0.6 is 0 Å². The molecule has 1 saturated heterocycles. The second-order valence-electron chi connectivity index (χ2n) is 6.00. The highest BCUT2D eigenvalue weighted by molar-refractivity contribution is 5.76. The number of carbonyl (C=O) groups excluding carboxylic acids is 1. The molecule has 17 heavy (non-hydrogen) atoms. The van der Waals surface area contributed by atoms with Crippen LogP contribution in [0.5, 0.6) is 0 Å². The summed E-state index contributed by atoms with van der Waals surface area (Å²) in [4.78, 5) is 16.4. The van der Waals surface area contributed by atoms with Gasteiger partial charge in [-0.1, -0.05) is 19.8 Å². The summed E-state index contributed by atoms with van der Waals surface area (Å²) in [6.07, 6.45) is 4.15. The van der Waals surface area contributed by atoms with Crippen molar-refractivity contribution >= 4 is 5.91 Å². The summed E-state index contributed by atoms with van der Waals surface area (Å²) in [7, 11) is 0. The van der Waals surface area contributed by atoms with Crippen molar-refractivity contribution in [3.05, 3.63) is 0 Å². The van der Waals surface area contributed by atoms with Gasteiger partial charge in [-0.15, -0.1) is 0 Å². The number of hydrogen-bond donors (Lipinski definition) is 0. The summed E-state index contributed by atoms with van der Waals surface area (Å²) in [6.45, 7) is 12.7. The van der Waals surface area contributed by atoms with Crippen LogP contribution in [0.3, 0.4) is 0 Å². The number of hydrogen-bond acceptors (Lipinski definition) is 2. The van der Waals surface area contributed by atoms with Crippen LogP contribution in [-0.2, 0) is 4.79 Å². The molecule has 0 bridgehead atoms. The molecular formula is C14H28N2O. The Kier molecular flexibility index (Phi) is 5.44. The maximum absolute atomic E-state index is 11.9. The Balaban J connectivity index is 2.29. The molecule has 1 aliphatic heterocycles. The van der Waals surface area contributed by atoms with Crippen LogP contribution in [0.15, 0.2) is 0 Å². The molecule has 0 atom stereocenters. The largest absolute Gasteiger partial charge is 0.340 e. The van der Waals surface area contributed by atoms with Crippen LogP contribution in [0.2, 0.25) is 0 Å². The summed E-state index contributed by atoms with van der Waals surface area (Å²) >= 11 is 0. The zero-order valence-corrected chi connectivity index (χ0v) is 12.0. The van der Waals surface area contributed by atoms with Gasteiger partial charge in [0.2, 0.25) is 5.91 Å². The van der Waals surface area contributed by atoms with Crippen molar-refractivity contribution in [1.29, 1.82) is 0 Å². The average Bonchev–Trinajstić information content (AvgIpc) is 2.28. The van der Waals surface area contributed by atoms with Gasteiger partial charge in [0.25, 0.3) is 0 Å². The van der Waals surface area contributed by atoms with Gasteiger partial charge in [0, 0.05) is 38.1 Å². The molecule has 0 spiro atoms. The zero-order valence-electron chi connectivity index (χ0n) is 12.0. The lowest BCUT2D eigenvalue weighted by Gasteiger charge is -2.42. The zero-order chi connectivity index (χ0) is 12.9. The standard InChI is InChI=1S/C14H28N2O/c1-5-6-7-8-13(17)15-9-11-16(12-10-15)14(2,3)4/h5-12H2,1-4H3. The highest BCUT2D eigenvalue weighted by Crippen LogP contribution is 2.16. The van der Waals surface area contributed by atoms with Gasteiger partial charge in [0.15, 0.2) is 0 Å². The molecule has 0 aromatic heterocycles. The second kappa shape index (κ2) is 6.39. The molecule has 0 aliphatic carbocycles. The van der Waals surface area contributed by atoms with Crippen molar-refractivity contribution in [2.45, 2.75) is 58.9 Å². The number of nitrogens with zero attached hydrogens (tertiary/aromatic N) is 2. The molecule has 0 saturated carbocycles. The molecule has 1 aliphatic rings. The predicted octanol–water partition coefficient (Wildman–Crippen LogP) is 2.51. The van der Waals surface area contributed by atoms with E-state index in [0.29, 0.717) is 5.91 Å². The second-order valence-corrected chi connectivity index (χ2v) is 6.00. The van der Waals surface area contributed by atoms with E-state index in [9.17, 15) is 4.79 Å². The van der Waals surface area contributed by atoms with E-state index in [1.807, 2.05) is 4.90 Å². The van der Waals surface area contributed by atoms with Crippen LogP contribution in [0, 0.1) is 0 Å². The normalized spacial score (nSPS) is 18.5. The maximum Gasteiger partial charge on any atom is 0.222 e. The van der Waals surface area contributed by atoms with Crippen molar-refractivity contribution < 1.29 is 4.79 Å². The van der Waals surface area contributed by atoms with Crippen molar-refractivity contribution in [3.63, 3.8) is 0 Å². The molecule has 0 aromatic rings. The van der Waals surface area contributed by atoms with Gasteiger partial charge in [0.05, 0.1) is 0 Å². The third-order valence-electron chi connectivity index (χ3n) is 3.58. The lowest BCUT2D eigenvalue weighted by Crippen LogP contribution is -2.54. The van der Waals surface area contributed by atoms with Crippen molar-refractivity contribution in [2.75, 3.05) is 26.2 Å². The van der Waals surface area contributed by atoms with E-state index in [2.05, 4.69) is 32.6 Å². The average molecular weight is 240 g/mol. The van der Waals surface area contributed by atoms with Gasteiger partial charge >= 0.3 is 0 Å². The number of carbonyl (C=O) groups is 1. The Labute approximate surface area is 106 Å². The molecule has 0 unspecified atom stereocenters. The molecule has 3 heteroatoms. The first-order valence-electron chi connectivity index (χ1n) is 6.98. The summed E-state index contributed by atoms with van der Waals surface area (Å²) in [5, 5.41) is 0. The first kappa shape index (κ1) is 14.5. The fourth-order valence-corrected chi connectivity index (χ4v) is 2.31. The molecule has 0 aromatic carbocycles. The summed E-state index contributed by atoms with van der Waals surface area (Å²) in [5.41, 5.74) is 0.233. The van der Waals surface area contributed by atoms with Crippen LogP contribution in [0.25, 0.3) is 0 Å². The molecular weight excluding hydrogens is 212 g/mol. The fourth-order valence-electron chi connectivity index (χ4n) is 2.31. The van der Waals surface area contributed by atoms with Gasteiger partial charge < -0.3 is 4.90 Å². The van der Waals surface area contributed by atoms with E-state index >= 15 is 0 Å². The Morgan fingerprint density at radius 1 is 1.06 bits per heavy atom. The van der Waals surface area contributed by atoms with Gasteiger partial charge in [-0.25, -0.2) is 0 Å². The highest BCUT2D eigenvalue weighted by Gasteiger charge is 2.27. The minimum absolute atomic E-state index is 0.233. The number of unbranched alkanes of at least 4 members (excludes halogenated alkanes) is 2. The SMILES string of the molecule is CCCCCC(=O)N1CCN(C(C)(C)C)CC1. The van der Waals surface area contributed by atoms with Crippen LogP contribution in [0.4, 0.5) is 0 Å². The first-order chi connectivity index (χ1) is 7.95. The van der Waals surface area contributed by atoms with Crippen molar-refractivity contribution in [3.8, 4) is 0 Å². The number of rotatable bonds is 4. The summed E-state index contributed by atoms with van der Waals surface area (Å²) in [5.74, 6) is 0.354. The Morgan fingerprint density at radius 3 is 2.12 bits per heavy atom. The minimum atomic E-state index is 0.233. The third-order valence-corrected chi connectivity index (χ3v) is 3.58. The molecule has 1 rings (SSSR count). The van der Waals surface area contributed by atoms with E-state index in [1.165, 1.54) is 12.8 Å². The van der Waals surface area contributed by atoms with Crippen LogP contribution in [-0.4, -0.2) is 47.4 Å². The fraction of sp³-hybridized carbons (Fsp3) is 0.929. The van der Waals surface area contributed by atoms with Gasteiger partial charge in [-0.3, -0.25) is 9.69 Å². The van der Waals surface area contributed by atoms with Crippen molar-refractivity contribution in [2.24, 2.45) is 0 Å². The number of amides is 1. The summed E-state index contributed by atoms with van der Waals surface area (Å²) < 4.78 is 0. The molecule has 1 fully saturated rings. The molecule has 0 radical (unpaired) electrons. The lowest BCUT2D eigenvalue weighted by molar-refractivity contribution is -0.133. The van der Waals surface area contributed by atoms with Crippen LogP contribution in [0.1, 0.15) is 53.4 Å². The Morgan fingerprint density at radius 2 is 1.65 bits per heavy atom. The molecule has 3 nitrogen and oxygen atoms in total. The maximum atomic E-state index is 11.9. The number of piperazine rings is 1. The first-order valence-corrected chi connectivity index (χ1v) is 6.98. The Hall–Kier alpha value is -0.570. The minimum Gasteiger partial charge on any atom is -0.340 e. The van der Waals surface area contributed by atoms with Crippen molar-refractivity contribution in [1.82, 2.24) is 9.80 Å². The van der Waals surface area contributed by atoms with E-state index in [4.69, 9.17) is 0 Å². The molecule has 100 valence electrons. The van der Waals surface area contributed by atoms with Gasteiger partial charge in [-0.05, 0) is 27.2 Å². The van der Waals surface area contributed by atoms with E-state index in [0.717, 1.165) is 39.0 Å². The smallest absolute Gasteiger partial charge is 0.222 e. The molecule has 1 heterocycles.